The lowest BCUT2D eigenvalue weighted by Gasteiger charge is -2.04. The molecule has 0 atom stereocenters. The molecule has 2 aromatic rings. The van der Waals surface area contributed by atoms with Crippen molar-refractivity contribution in [1.29, 1.82) is 0 Å². The fraction of sp³-hybridized carbons (Fsp3) is 0.200. The molecule has 0 aliphatic rings. The van der Waals surface area contributed by atoms with Gasteiger partial charge in [-0.15, -0.1) is 10.2 Å². The monoisotopic (exact) mass is 220 g/mol. The third kappa shape index (κ3) is 2.12. The van der Waals surface area contributed by atoms with E-state index in [0.717, 1.165) is 21.3 Å². The normalized spacial score (nSPS) is 10.5. The van der Waals surface area contributed by atoms with Crippen LogP contribution in [0, 0.1) is 6.92 Å². The van der Waals surface area contributed by atoms with Crippen molar-refractivity contribution in [3.05, 3.63) is 30.1 Å². The summed E-state index contributed by atoms with van der Waals surface area (Å²) in [6.07, 6.45) is 1.67. The summed E-state index contributed by atoms with van der Waals surface area (Å²) in [6.45, 7) is 2.02. The van der Waals surface area contributed by atoms with Gasteiger partial charge in [-0.3, -0.25) is 0 Å². The molecule has 0 unspecified atom stereocenters. The molecule has 0 fully saturated rings. The number of nitrogens with zero attached hydrogens (tertiary/aromatic N) is 3. The summed E-state index contributed by atoms with van der Waals surface area (Å²) in [5, 5.41) is 8.65. The molecule has 2 rings (SSSR count). The zero-order valence-electron chi connectivity index (χ0n) is 8.64. The Labute approximate surface area is 92.5 Å². The van der Waals surface area contributed by atoms with Gasteiger partial charge in [-0.25, -0.2) is 0 Å². The van der Waals surface area contributed by atoms with Crippen LogP contribution in [0.4, 0.5) is 5.69 Å². The van der Waals surface area contributed by atoms with Gasteiger partial charge >= 0.3 is 0 Å². The maximum atomic E-state index is 5.91. The first-order valence-corrected chi connectivity index (χ1v) is 5.36. The molecule has 0 saturated heterocycles. The van der Waals surface area contributed by atoms with Crippen LogP contribution in [-0.2, 0) is 7.05 Å². The Morgan fingerprint density at radius 1 is 1.40 bits per heavy atom. The van der Waals surface area contributed by atoms with Crippen molar-refractivity contribution >= 4 is 17.4 Å². The summed E-state index contributed by atoms with van der Waals surface area (Å²) in [4.78, 5) is 1.01. The molecule has 15 heavy (non-hydrogen) atoms. The van der Waals surface area contributed by atoms with Gasteiger partial charge < -0.3 is 10.3 Å². The van der Waals surface area contributed by atoms with Crippen molar-refractivity contribution in [2.75, 3.05) is 5.73 Å². The smallest absolute Gasteiger partial charge is 0.195 e. The maximum Gasteiger partial charge on any atom is 0.195 e. The molecule has 78 valence electrons. The summed E-state index contributed by atoms with van der Waals surface area (Å²) >= 11 is 1.52. The lowest BCUT2D eigenvalue weighted by molar-refractivity contribution is 0.789. The lowest BCUT2D eigenvalue weighted by Crippen LogP contribution is -1.92. The van der Waals surface area contributed by atoms with E-state index in [2.05, 4.69) is 10.2 Å². The van der Waals surface area contributed by atoms with Gasteiger partial charge in [0.1, 0.15) is 6.33 Å². The molecule has 4 nitrogen and oxygen atoms in total. The molecule has 5 heteroatoms. The number of nitrogens with two attached hydrogens (primary N) is 1. The Balaban J connectivity index is 2.29. The van der Waals surface area contributed by atoms with Crippen molar-refractivity contribution in [2.24, 2.45) is 7.05 Å². The standard InChI is InChI=1S/C10H12N4S/c1-7-3-4-9(8(11)5-7)15-10-13-12-6-14(10)2/h3-6H,11H2,1-2H3. The van der Waals surface area contributed by atoms with Crippen LogP contribution in [0.15, 0.2) is 34.6 Å². The molecule has 0 saturated carbocycles. The average molecular weight is 220 g/mol. The number of benzene rings is 1. The summed E-state index contributed by atoms with van der Waals surface area (Å²) < 4.78 is 1.87. The number of hydrogen-bond donors (Lipinski definition) is 1. The SMILES string of the molecule is Cc1ccc(Sc2nncn2C)c(N)c1. The maximum absolute atomic E-state index is 5.91. The molecule has 1 heterocycles. The zero-order valence-corrected chi connectivity index (χ0v) is 9.45. The van der Waals surface area contributed by atoms with Crippen LogP contribution in [-0.4, -0.2) is 14.8 Å². The highest BCUT2D eigenvalue weighted by atomic mass is 32.2. The minimum atomic E-state index is 0.781. The van der Waals surface area contributed by atoms with Crippen molar-refractivity contribution in [1.82, 2.24) is 14.8 Å². The van der Waals surface area contributed by atoms with E-state index >= 15 is 0 Å². The van der Waals surface area contributed by atoms with E-state index in [4.69, 9.17) is 5.73 Å². The second kappa shape index (κ2) is 3.94. The van der Waals surface area contributed by atoms with Crippen molar-refractivity contribution in [3.8, 4) is 0 Å². The van der Waals surface area contributed by atoms with Crippen molar-refractivity contribution in [3.63, 3.8) is 0 Å². The van der Waals surface area contributed by atoms with Crippen molar-refractivity contribution < 1.29 is 0 Å². The van der Waals surface area contributed by atoms with Crippen LogP contribution >= 0.6 is 11.8 Å². The number of hydrogen-bond acceptors (Lipinski definition) is 4. The van der Waals surface area contributed by atoms with Crippen molar-refractivity contribution in [2.45, 2.75) is 17.0 Å². The van der Waals surface area contributed by atoms with E-state index < -0.39 is 0 Å². The third-order valence-corrected chi connectivity index (χ3v) is 3.18. The van der Waals surface area contributed by atoms with Crippen LogP contribution in [0.3, 0.4) is 0 Å². The average Bonchev–Trinajstić information content (AvgIpc) is 2.57. The second-order valence-corrected chi connectivity index (χ2v) is 4.38. The Kier molecular flexibility index (Phi) is 2.64. The number of nitrogen functional groups attached to an aromatic ring is 1. The molecule has 0 aliphatic heterocycles. The molecule has 0 spiro atoms. The van der Waals surface area contributed by atoms with Gasteiger partial charge in [-0.05, 0) is 36.4 Å². The molecular weight excluding hydrogens is 208 g/mol. The Morgan fingerprint density at radius 3 is 2.80 bits per heavy atom. The highest BCUT2D eigenvalue weighted by Crippen LogP contribution is 2.30. The van der Waals surface area contributed by atoms with E-state index in [1.165, 1.54) is 11.8 Å². The fourth-order valence-electron chi connectivity index (χ4n) is 1.22. The summed E-state index contributed by atoms with van der Waals surface area (Å²) in [7, 11) is 1.91. The lowest BCUT2D eigenvalue weighted by atomic mass is 10.2. The highest BCUT2D eigenvalue weighted by Gasteiger charge is 2.06. The summed E-state index contributed by atoms with van der Waals surface area (Å²) in [6, 6.07) is 6.00. The van der Waals surface area contributed by atoms with Crippen LogP contribution in [0.2, 0.25) is 0 Å². The van der Waals surface area contributed by atoms with Gasteiger partial charge in [0, 0.05) is 17.6 Å². The Hall–Kier alpha value is -1.49. The molecule has 1 aromatic carbocycles. The quantitative estimate of drug-likeness (QED) is 0.785. The molecule has 2 N–H and O–H groups in total. The van der Waals surface area contributed by atoms with E-state index in [1.807, 2.05) is 36.7 Å². The molecule has 0 bridgehead atoms. The highest BCUT2D eigenvalue weighted by molar-refractivity contribution is 7.99. The van der Waals surface area contributed by atoms with Crippen LogP contribution < -0.4 is 5.73 Å². The largest absolute Gasteiger partial charge is 0.398 e. The first-order valence-electron chi connectivity index (χ1n) is 4.55. The van der Waals surface area contributed by atoms with Gasteiger partial charge in [0.25, 0.3) is 0 Å². The number of anilines is 1. The molecule has 1 aromatic heterocycles. The van der Waals surface area contributed by atoms with E-state index in [-0.39, 0.29) is 0 Å². The Bertz CT molecular complexity index is 478. The zero-order chi connectivity index (χ0) is 10.8. The van der Waals surface area contributed by atoms with Crippen LogP contribution in [0.25, 0.3) is 0 Å². The van der Waals surface area contributed by atoms with Gasteiger partial charge in [0.2, 0.25) is 0 Å². The topological polar surface area (TPSA) is 56.7 Å². The molecule has 0 aliphatic carbocycles. The molecular formula is C10H12N4S. The predicted molar refractivity (Wildman–Crippen MR) is 60.7 cm³/mol. The Morgan fingerprint density at radius 2 is 2.20 bits per heavy atom. The first-order chi connectivity index (χ1) is 7.16. The van der Waals surface area contributed by atoms with E-state index in [9.17, 15) is 0 Å². The summed E-state index contributed by atoms with van der Waals surface area (Å²) in [5.74, 6) is 0. The molecule has 0 radical (unpaired) electrons. The first kappa shape index (κ1) is 10.0. The number of aryl methyl sites for hydroxylation is 2. The van der Waals surface area contributed by atoms with Gasteiger partial charge in [0.15, 0.2) is 5.16 Å². The minimum Gasteiger partial charge on any atom is -0.398 e. The van der Waals surface area contributed by atoms with E-state index in [1.54, 1.807) is 6.33 Å². The van der Waals surface area contributed by atoms with Gasteiger partial charge in [-0.2, -0.15) is 0 Å². The van der Waals surface area contributed by atoms with Crippen LogP contribution in [0.5, 0.6) is 0 Å². The second-order valence-electron chi connectivity index (χ2n) is 3.37. The van der Waals surface area contributed by atoms with Crippen LogP contribution in [0.1, 0.15) is 5.56 Å². The predicted octanol–water partition coefficient (Wildman–Crippen LogP) is 1.86. The third-order valence-electron chi connectivity index (χ3n) is 2.04. The van der Waals surface area contributed by atoms with E-state index in [0.29, 0.717) is 0 Å². The summed E-state index contributed by atoms with van der Waals surface area (Å²) in [5.41, 5.74) is 7.85. The fourth-order valence-corrected chi connectivity index (χ4v) is 2.01. The van der Waals surface area contributed by atoms with Gasteiger partial charge in [-0.1, -0.05) is 6.07 Å². The molecule has 0 amide bonds. The number of aromatic nitrogens is 3. The minimum absolute atomic E-state index is 0.781. The van der Waals surface area contributed by atoms with Gasteiger partial charge in [0.05, 0.1) is 0 Å². The number of rotatable bonds is 2.